The van der Waals surface area contributed by atoms with E-state index in [1.165, 1.54) is 6.07 Å². The summed E-state index contributed by atoms with van der Waals surface area (Å²) in [5.41, 5.74) is 0.236. The first-order valence-electron chi connectivity index (χ1n) is 6.95. The van der Waals surface area contributed by atoms with Crippen molar-refractivity contribution in [3.8, 4) is 0 Å². The fourth-order valence-electron chi connectivity index (χ4n) is 2.71. The largest absolute Gasteiger partial charge is 0.319 e. The van der Waals surface area contributed by atoms with Gasteiger partial charge in [-0.25, -0.2) is 8.78 Å². The highest BCUT2D eigenvalue weighted by atomic mass is 19.2. The summed E-state index contributed by atoms with van der Waals surface area (Å²) in [4.78, 5) is 14.2. The number of hydrogen-bond donors (Lipinski definition) is 1. The van der Waals surface area contributed by atoms with Gasteiger partial charge in [0.2, 0.25) is 0 Å². The highest BCUT2D eigenvalue weighted by molar-refractivity contribution is 5.97. The topological polar surface area (TPSA) is 32.3 Å². The lowest BCUT2D eigenvalue weighted by molar-refractivity contribution is 0.0886. The summed E-state index contributed by atoms with van der Waals surface area (Å²) in [6.45, 7) is 2.97. The maximum absolute atomic E-state index is 13.1. The average molecular weight is 282 g/mol. The number of ketones is 1. The molecule has 0 spiro atoms. The van der Waals surface area contributed by atoms with E-state index >= 15 is 0 Å². The van der Waals surface area contributed by atoms with Crippen LogP contribution >= 0.6 is 0 Å². The van der Waals surface area contributed by atoms with Gasteiger partial charge in [0.1, 0.15) is 0 Å². The molecule has 3 nitrogen and oxygen atoms in total. The standard InChI is InChI=1S/C15H20F2N2O/c1-18-8-11-3-2-6-19(9-11)10-15(20)12-4-5-13(16)14(17)7-12/h4-5,7,11,18H,2-3,6,8-10H2,1H3. The number of halogens is 2. The van der Waals surface area contributed by atoms with E-state index in [0.717, 1.165) is 44.6 Å². The second-order valence-electron chi connectivity index (χ2n) is 5.35. The predicted octanol–water partition coefficient (Wildman–Crippen LogP) is 2.08. The van der Waals surface area contributed by atoms with Crippen LogP contribution in [0.25, 0.3) is 0 Å². The Balaban J connectivity index is 1.95. The van der Waals surface area contributed by atoms with Crippen LogP contribution < -0.4 is 5.32 Å². The Bertz CT molecular complexity index is 477. The van der Waals surface area contributed by atoms with Crippen molar-refractivity contribution in [3.05, 3.63) is 35.4 Å². The quantitative estimate of drug-likeness (QED) is 0.839. The highest BCUT2D eigenvalue weighted by Gasteiger charge is 2.21. The molecule has 0 saturated carbocycles. The molecule has 1 aromatic carbocycles. The molecule has 1 aromatic rings. The molecule has 0 amide bonds. The van der Waals surface area contributed by atoms with Crippen molar-refractivity contribution in [2.45, 2.75) is 12.8 Å². The second-order valence-corrected chi connectivity index (χ2v) is 5.35. The SMILES string of the molecule is CNCC1CCCN(CC(=O)c2ccc(F)c(F)c2)C1. The molecule has 0 aliphatic carbocycles. The van der Waals surface area contributed by atoms with Gasteiger partial charge in [0.05, 0.1) is 6.54 Å². The van der Waals surface area contributed by atoms with Crippen molar-refractivity contribution in [2.24, 2.45) is 5.92 Å². The predicted molar refractivity (Wildman–Crippen MR) is 73.8 cm³/mol. The van der Waals surface area contributed by atoms with Crippen LogP contribution in [-0.2, 0) is 0 Å². The van der Waals surface area contributed by atoms with Crippen molar-refractivity contribution in [1.29, 1.82) is 0 Å². The van der Waals surface area contributed by atoms with Crippen LogP contribution in [0.2, 0.25) is 0 Å². The first-order chi connectivity index (χ1) is 9.60. The lowest BCUT2D eigenvalue weighted by Gasteiger charge is -2.32. The summed E-state index contributed by atoms with van der Waals surface area (Å²) in [6, 6.07) is 3.32. The summed E-state index contributed by atoms with van der Waals surface area (Å²) in [5.74, 6) is -1.50. The molecule has 1 atom stereocenters. The number of carbonyl (C=O) groups excluding carboxylic acids is 1. The van der Waals surface area contributed by atoms with Crippen LogP contribution in [0.3, 0.4) is 0 Å². The minimum absolute atomic E-state index is 0.158. The minimum Gasteiger partial charge on any atom is -0.319 e. The van der Waals surface area contributed by atoms with Gasteiger partial charge in [0.15, 0.2) is 17.4 Å². The summed E-state index contributed by atoms with van der Waals surface area (Å²) in [6.07, 6.45) is 2.23. The fraction of sp³-hybridized carbons (Fsp3) is 0.533. The average Bonchev–Trinajstić information content (AvgIpc) is 2.42. The van der Waals surface area contributed by atoms with Crippen molar-refractivity contribution in [1.82, 2.24) is 10.2 Å². The van der Waals surface area contributed by atoms with Gasteiger partial charge in [0.25, 0.3) is 0 Å². The molecule has 1 unspecified atom stereocenters. The van der Waals surface area contributed by atoms with Crippen LogP contribution in [0, 0.1) is 17.6 Å². The van der Waals surface area contributed by atoms with Crippen LogP contribution in [0.5, 0.6) is 0 Å². The van der Waals surface area contributed by atoms with E-state index in [4.69, 9.17) is 0 Å². The van der Waals surface area contributed by atoms with Gasteiger partial charge in [-0.3, -0.25) is 9.69 Å². The maximum atomic E-state index is 13.1. The van der Waals surface area contributed by atoms with E-state index < -0.39 is 11.6 Å². The normalized spacial score (nSPS) is 20.1. The number of hydrogen-bond acceptors (Lipinski definition) is 3. The van der Waals surface area contributed by atoms with Crippen molar-refractivity contribution in [3.63, 3.8) is 0 Å². The maximum Gasteiger partial charge on any atom is 0.176 e. The number of nitrogens with zero attached hydrogens (tertiary/aromatic N) is 1. The molecule has 0 bridgehead atoms. The van der Waals surface area contributed by atoms with E-state index in [1.807, 2.05) is 7.05 Å². The smallest absolute Gasteiger partial charge is 0.176 e. The monoisotopic (exact) mass is 282 g/mol. The van der Waals surface area contributed by atoms with Gasteiger partial charge < -0.3 is 5.32 Å². The van der Waals surface area contributed by atoms with Crippen LogP contribution in [0.1, 0.15) is 23.2 Å². The first kappa shape index (κ1) is 15.1. The Hall–Kier alpha value is -1.33. The van der Waals surface area contributed by atoms with Gasteiger partial charge in [-0.1, -0.05) is 0 Å². The van der Waals surface area contributed by atoms with Crippen molar-refractivity contribution >= 4 is 5.78 Å². The summed E-state index contributed by atoms with van der Waals surface area (Å²) < 4.78 is 26.0. The Labute approximate surface area is 118 Å². The molecule has 1 saturated heterocycles. The highest BCUT2D eigenvalue weighted by Crippen LogP contribution is 2.17. The molecule has 1 aliphatic heterocycles. The summed E-state index contributed by atoms with van der Waals surface area (Å²) in [5, 5.41) is 3.15. The lowest BCUT2D eigenvalue weighted by Crippen LogP contribution is -2.41. The number of nitrogens with one attached hydrogen (secondary N) is 1. The molecule has 1 aliphatic rings. The molecule has 110 valence electrons. The second kappa shape index (κ2) is 6.90. The third-order valence-electron chi connectivity index (χ3n) is 3.70. The molecular formula is C15H20F2N2O. The molecular weight excluding hydrogens is 262 g/mol. The molecule has 1 fully saturated rings. The Morgan fingerprint density at radius 1 is 1.40 bits per heavy atom. The number of piperidine rings is 1. The zero-order chi connectivity index (χ0) is 14.5. The number of benzene rings is 1. The van der Waals surface area contributed by atoms with E-state index in [1.54, 1.807) is 0 Å². The third kappa shape index (κ3) is 3.84. The number of carbonyl (C=O) groups is 1. The molecule has 20 heavy (non-hydrogen) atoms. The van der Waals surface area contributed by atoms with E-state index in [9.17, 15) is 13.6 Å². The molecule has 0 radical (unpaired) electrons. The van der Waals surface area contributed by atoms with E-state index in [2.05, 4.69) is 10.2 Å². The van der Waals surface area contributed by atoms with Crippen LogP contribution in [0.4, 0.5) is 8.78 Å². The Kier molecular flexibility index (Phi) is 5.20. The molecule has 1 heterocycles. The van der Waals surface area contributed by atoms with Gasteiger partial charge >= 0.3 is 0 Å². The van der Waals surface area contributed by atoms with E-state index in [-0.39, 0.29) is 17.9 Å². The lowest BCUT2D eigenvalue weighted by atomic mass is 9.97. The van der Waals surface area contributed by atoms with Crippen molar-refractivity contribution in [2.75, 3.05) is 33.2 Å². The van der Waals surface area contributed by atoms with E-state index in [0.29, 0.717) is 5.92 Å². The van der Waals surface area contributed by atoms with Gasteiger partial charge in [-0.2, -0.15) is 0 Å². The zero-order valence-electron chi connectivity index (χ0n) is 11.7. The number of likely N-dealkylation sites (tertiary alicyclic amines) is 1. The minimum atomic E-state index is -0.970. The number of Topliss-reactive ketones (excluding diaryl/α,β-unsaturated/α-hetero) is 1. The Morgan fingerprint density at radius 3 is 2.90 bits per heavy atom. The van der Waals surface area contributed by atoms with Crippen LogP contribution in [0.15, 0.2) is 18.2 Å². The molecule has 0 aromatic heterocycles. The molecule has 5 heteroatoms. The fourth-order valence-corrected chi connectivity index (χ4v) is 2.71. The van der Waals surface area contributed by atoms with Gasteiger partial charge in [0, 0.05) is 12.1 Å². The molecule has 1 N–H and O–H groups in total. The first-order valence-corrected chi connectivity index (χ1v) is 6.95. The number of rotatable bonds is 5. The zero-order valence-corrected chi connectivity index (χ0v) is 11.7. The molecule has 2 rings (SSSR count). The third-order valence-corrected chi connectivity index (χ3v) is 3.70. The summed E-state index contributed by atoms with van der Waals surface area (Å²) in [7, 11) is 1.92. The summed E-state index contributed by atoms with van der Waals surface area (Å²) >= 11 is 0. The van der Waals surface area contributed by atoms with Gasteiger partial charge in [-0.05, 0) is 57.1 Å². The van der Waals surface area contributed by atoms with Gasteiger partial charge in [-0.15, -0.1) is 0 Å². The van der Waals surface area contributed by atoms with Crippen molar-refractivity contribution < 1.29 is 13.6 Å². The Morgan fingerprint density at radius 2 is 2.20 bits per heavy atom. The van der Waals surface area contributed by atoms with Crippen LogP contribution in [-0.4, -0.2) is 43.9 Å².